The summed E-state index contributed by atoms with van der Waals surface area (Å²) in [7, 11) is -3.97. The number of nitrogens with zero attached hydrogens (tertiary/aromatic N) is 2. The smallest absolute Gasteiger partial charge is 0.243 e. The first-order chi connectivity index (χ1) is 11.5. The van der Waals surface area contributed by atoms with E-state index in [2.05, 4.69) is 4.98 Å². The molecule has 1 aliphatic heterocycles. The van der Waals surface area contributed by atoms with E-state index in [0.717, 1.165) is 15.9 Å². The van der Waals surface area contributed by atoms with Crippen molar-refractivity contribution >= 4 is 10.0 Å². The van der Waals surface area contributed by atoms with Crippen LogP contribution in [0, 0.1) is 5.82 Å². The van der Waals surface area contributed by atoms with Crippen molar-refractivity contribution in [3.63, 3.8) is 0 Å². The molecule has 1 aromatic carbocycles. The van der Waals surface area contributed by atoms with Gasteiger partial charge in [0, 0.05) is 24.7 Å². The van der Waals surface area contributed by atoms with Gasteiger partial charge in [-0.15, -0.1) is 0 Å². The minimum Gasteiger partial charge on any atom is -0.243 e. The number of hydrogen-bond acceptors (Lipinski definition) is 3. The van der Waals surface area contributed by atoms with Gasteiger partial charge in [0.05, 0.1) is 5.56 Å². The molecule has 0 spiro atoms. The Hall–Kier alpha value is -2.00. The lowest BCUT2D eigenvalue weighted by atomic mass is 9.77. The first-order valence-electron chi connectivity index (χ1n) is 7.32. The Morgan fingerprint density at radius 1 is 1.08 bits per heavy atom. The Balaban J connectivity index is 1.78. The van der Waals surface area contributed by atoms with E-state index in [-0.39, 0.29) is 18.9 Å². The summed E-state index contributed by atoms with van der Waals surface area (Å²) in [6, 6.07) is 7.33. The summed E-state index contributed by atoms with van der Waals surface area (Å²) < 4.78 is 76.7. The average Bonchev–Trinajstić information content (AvgIpc) is 2.52. The van der Waals surface area contributed by atoms with E-state index >= 15 is 0 Å². The highest BCUT2D eigenvalue weighted by molar-refractivity contribution is 7.89. The van der Waals surface area contributed by atoms with Crippen LogP contribution >= 0.6 is 0 Å². The summed E-state index contributed by atoms with van der Waals surface area (Å²) in [5.41, 5.74) is -0.695. The second-order valence-corrected chi connectivity index (χ2v) is 8.11. The Kier molecular flexibility index (Phi) is 4.11. The SMILES string of the molecule is CC1(c2ccc(F)cc2)CN(S(=O)(=O)c2ccc(C(F)(F)F)cn2)C1. The maximum absolute atomic E-state index is 13.0. The van der Waals surface area contributed by atoms with Crippen LogP contribution in [0.15, 0.2) is 47.6 Å². The normalized spacial score (nSPS) is 18.0. The molecule has 1 fully saturated rings. The number of halogens is 4. The summed E-state index contributed by atoms with van der Waals surface area (Å²) in [5.74, 6) is -0.384. The van der Waals surface area contributed by atoms with Gasteiger partial charge in [-0.2, -0.15) is 17.5 Å². The lowest BCUT2D eigenvalue weighted by Crippen LogP contribution is -2.59. The molecular formula is C16H14F4N2O2S. The van der Waals surface area contributed by atoms with Crippen LogP contribution in [-0.4, -0.2) is 30.8 Å². The van der Waals surface area contributed by atoms with Crippen molar-refractivity contribution in [2.75, 3.05) is 13.1 Å². The molecular weight excluding hydrogens is 360 g/mol. The van der Waals surface area contributed by atoms with E-state index in [0.29, 0.717) is 12.3 Å². The summed E-state index contributed by atoms with van der Waals surface area (Å²) in [4.78, 5) is 3.45. The molecule has 2 heterocycles. The average molecular weight is 374 g/mol. The lowest BCUT2D eigenvalue weighted by molar-refractivity contribution is -0.137. The second kappa shape index (κ2) is 5.77. The fourth-order valence-corrected chi connectivity index (χ4v) is 4.37. The maximum atomic E-state index is 13.0. The molecule has 0 N–H and O–H groups in total. The van der Waals surface area contributed by atoms with Crippen LogP contribution in [0.1, 0.15) is 18.1 Å². The number of rotatable bonds is 3. The zero-order valence-corrected chi connectivity index (χ0v) is 13.9. The number of alkyl halides is 3. The molecule has 2 aromatic rings. The first-order valence-corrected chi connectivity index (χ1v) is 8.76. The predicted molar refractivity (Wildman–Crippen MR) is 81.7 cm³/mol. The van der Waals surface area contributed by atoms with E-state index in [1.165, 1.54) is 12.1 Å². The third-order valence-corrected chi connectivity index (χ3v) is 5.97. The molecule has 9 heteroatoms. The van der Waals surface area contributed by atoms with Crippen molar-refractivity contribution in [1.29, 1.82) is 0 Å². The van der Waals surface area contributed by atoms with Gasteiger partial charge < -0.3 is 0 Å². The van der Waals surface area contributed by atoms with Gasteiger partial charge in [-0.05, 0) is 29.8 Å². The van der Waals surface area contributed by atoms with E-state index in [1.807, 2.05) is 6.92 Å². The minimum atomic E-state index is -4.58. The molecule has 0 saturated carbocycles. The summed E-state index contributed by atoms with van der Waals surface area (Å²) in [6.45, 7) is 2.12. The molecule has 0 radical (unpaired) electrons. The number of sulfonamides is 1. The molecule has 0 unspecified atom stereocenters. The molecule has 1 saturated heterocycles. The van der Waals surface area contributed by atoms with Crippen LogP contribution in [0.2, 0.25) is 0 Å². The van der Waals surface area contributed by atoms with Gasteiger partial charge in [0.1, 0.15) is 5.82 Å². The third-order valence-electron chi connectivity index (χ3n) is 4.26. The molecule has 0 atom stereocenters. The van der Waals surface area contributed by atoms with E-state index in [4.69, 9.17) is 0 Å². The van der Waals surface area contributed by atoms with Crippen LogP contribution < -0.4 is 0 Å². The Bertz CT molecular complexity index is 872. The van der Waals surface area contributed by atoms with Crippen molar-refractivity contribution in [2.24, 2.45) is 0 Å². The highest BCUT2D eigenvalue weighted by Crippen LogP contribution is 2.37. The summed E-state index contributed by atoms with van der Waals surface area (Å²) in [5, 5.41) is -0.429. The quantitative estimate of drug-likeness (QED) is 0.776. The standard InChI is InChI=1S/C16H14F4N2O2S/c1-15(11-2-5-13(17)6-3-11)9-22(10-15)25(23,24)14-7-4-12(8-21-14)16(18,19)20/h2-8H,9-10H2,1H3. The Morgan fingerprint density at radius 3 is 2.16 bits per heavy atom. The molecule has 134 valence electrons. The zero-order chi connectivity index (χ0) is 18.5. The van der Waals surface area contributed by atoms with Gasteiger partial charge in [0.15, 0.2) is 5.03 Å². The second-order valence-electron chi connectivity index (χ2n) is 6.22. The van der Waals surface area contributed by atoms with E-state index in [9.17, 15) is 26.0 Å². The van der Waals surface area contributed by atoms with Gasteiger partial charge >= 0.3 is 6.18 Å². The number of benzene rings is 1. The predicted octanol–water partition coefficient (Wildman–Crippen LogP) is 3.20. The fraction of sp³-hybridized carbons (Fsp3) is 0.312. The maximum Gasteiger partial charge on any atom is 0.417 e. The number of pyridine rings is 1. The topological polar surface area (TPSA) is 50.3 Å². The summed E-state index contributed by atoms with van der Waals surface area (Å²) in [6.07, 6.45) is -4.07. The molecule has 4 nitrogen and oxygen atoms in total. The highest BCUT2D eigenvalue weighted by Gasteiger charge is 2.46. The van der Waals surface area contributed by atoms with Crippen LogP contribution in [0.3, 0.4) is 0 Å². The molecule has 1 aliphatic rings. The van der Waals surface area contributed by atoms with Crippen LogP contribution in [0.25, 0.3) is 0 Å². The van der Waals surface area contributed by atoms with Crippen LogP contribution in [-0.2, 0) is 21.6 Å². The molecule has 0 amide bonds. The molecule has 1 aromatic heterocycles. The first kappa shape index (κ1) is 17.8. The van der Waals surface area contributed by atoms with Crippen LogP contribution in [0.5, 0.6) is 0 Å². The zero-order valence-electron chi connectivity index (χ0n) is 13.1. The van der Waals surface area contributed by atoms with Gasteiger partial charge in [0.25, 0.3) is 10.0 Å². The molecule has 0 bridgehead atoms. The third kappa shape index (κ3) is 3.25. The lowest BCUT2D eigenvalue weighted by Gasteiger charge is -2.47. The minimum absolute atomic E-state index is 0.143. The Labute approximate surface area is 142 Å². The van der Waals surface area contributed by atoms with Gasteiger partial charge in [-0.25, -0.2) is 17.8 Å². The van der Waals surface area contributed by atoms with Crippen molar-refractivity contribution in [3.8, 4) is 0 Å². The Morgan fingerprint density at radius 2 is 1.68 bits per heavy atom. The number of hydrogen-bond donors (Lipinski definition) is 0. The van der Waals surface area contributed by atoms with E-state index in [1.54, 1.807) is 12.1 Å². The van der Waals surface area contributed by atoms with Gasteiger partial charge in [-0.3, -0.25) is 0 Å². The molecule has 25 heavy (non-hydrogen) atoms. The monoisotopic (exact) mass is 374 g/mol. The number of aromatic nitrogens is 1. The van der Waals surface area contributed by atoms with Crippen molar-refractivity contribution in [1.82, 2.24) is 9.29 Å². The molecule has 3 rings (SSSR count). The van der Waals surface area contributed by atoms with E-state index < -0.39 is 32.2 Å². The van der Waals surface area contributed by atoms with Crippen molar-refractivity contribution in [2.45, 2.75) is 23.5 Å². The highest BCUT2D eigenvalue weighted by atomic mass is 32.2. The van der Waals surface area contributed by atoms with Crippen molar-refractivity contribution in [3.05, 3.63) is 59.5 Å². The van der Waals surface area contributed by atoms with Gasteiger partial charge in [0.2, 0.25) is 0 Å². The van der Waals surface area contributed by atoms with Crippen LogP contribution in [0.4, 0.5) is 17.6 Å². The fourth-order valence-electron chi connectivity index (χ4n) is 2.77. The molecule has 0 aliphatic carbocycles. The van der Waals surface area contributed by atoms with Crippen molar-refractivity contribution < 1.29 is 26.0 Å². The largest absolute Gasteiger partial charge is 0.417 e. The summed E-state index contributed by atoms with van der Waals surface area (Å²) >= 11 is 0. The van der Waals surface area contributed by atoms with Gasteiger partial charge in [-0.1, -0.05) is 19.1 Å².